The van der Waals surface area contributed by atoms with Crippen LogP contribution in [0.3, 0.4) is 0 Å². The lowest BCUT2D eigenvalue weighted by Gasteiger charge is -2.12. The van der Waals surface area contributed by atoms with Crippen molar-refractivity contribution in [1.29, 1.82) is 0 Å². The van der Waals surface area contributed by atoms with Crippen molar-refractivity contribution in [2.75, 3.05) is 0 Å². The molecule has 0 radical (unpaired) electrons. The van der Waals surface area contributed by atoms with Gasteiger partial charge >= 0.3 is 12.0 Å². The molecule has 0 aliphatic carbocycles. The van der Waals surface area contributed by atoms with Crippen molar-refractivity contribution in [3.63, 3.8) is 0 Å². The van der Waals surface area contributed by atoms with Gasteiger partial charge < -0.3 is 10.5 Å². The lowest BCUT2D eigenvalue weighted by molar-refractivity contribution is -0.127. The number of amides is 3. The summed E-state index contributed by atoms with van der Waals surface area (Å²) in [6.07, 6.45) is 0.342. The number of hydrogen-bond donors (Lipinski definition) is 2. The summed E-state index contributed by atoms with van der Waals surface area (Å²) in [6.45, 7) is 3.29. The van der Waals surface area contributed by atoms with Crippen LogP contribution in [0.5, 0.6) is 0 Å². The maximum atomic E-state index is 12.8. The largest absolute Gasteiger partial charge is 0.449 e. The first-order valence-corrected chi connectivity index (χ1v) is 8.88. The van der Waals surface area contributed by atoms with Gasteiger partial charge in [0.15, 0.2) is 6.10 Å². The van der Waals surface area contributed by atoms with Gasteiger partial charge in [0.1, 0.15) is 11.3 Å². The number of nitrogens with one attached hydrogen (secondary N) is 1. The number of imide groups is 1. The smallest absolute Gasteiger partial charge is 0.342 e. The highest BCUT2D eigenvalue weighted by molar-refractivity contribution is 6.00. The van der Waals surface area contributed by atoms with E-state index in [2.05, 4.69) is 5.10 Å². The molecule has 0 unspecified atom stereocenters. The van der Waals surface area contributed by atoms with Crippen LogP contribution >= 0.6 is 0 Å². The summed E-state index contributed by atoms with van der Waals surface area (Å²) in [6, 6.07) is 15.8. The number of urea groups is 1. The van der Waals surface area contributed by atoms with Crippen LogP contribution in [-0.2, 0) is 9.53 Å². The first-order chi connectivity index (χ1) is 13.8. The van der Waals surface area contributed by atoms with Crippen LogP contribution < -0.4 is 11.1 Å². The highest BCUT2D eigenvalue weighted by Crippen LogP contribution is 2.25. The summed E-state index contributed by atoms with van der Waals surface area (Å²) in [7, 11) is 0. The van der Waals surface area contributed by atoms with Gasteiger partial charge in [-0.25, -0.2) is 14.3 Å². The van der Waals surface area contributed by atoms with E-state index in [0.717, 1.165) is 16.8 Å². The van der Waals surface area contributed by atoms with E-state index in [1.165, 1.54) is 6.92 Å². The number of nitrogens with zero attached hydrogens (tertiary/aromatic N) is 2. The Kier molecular flexibility index (Phi) is 5.73. The van der Waals surface area contributed by atoms with Crippen molar-refractivity contribution in [1.82, 2.24) is 15.1 Å². The van der Waals surface area contributed by atoms with Gasteiger partial charge in [-0.2, -0.15) is 5.10 Å². The molecule has 0 aliphatic rings. The van der Waals surface area contributed by atoms with Crippen LogP contribution in [-0.4, -0.2) is 33.8 Å². The molecule has 3 aromatic rings. The zero-order valence-electron chi connectivity index (χ0n) is 16.0. The fourth-order valence-electron chi connectivity index (χ4n) is 2.74. The number of esters is 1. The molecule has 29 heavy (non-hydrogen) atoms. The molecule has 148 valence electrons. The SMILES string of the molecule is Cc1cccc(-c2nn(-c3ccccc3)cc2C(=O)O[C@H](C)C(=O)NC(N)=O)c1. The average molecular weight is 392 g/mol. The molecule has 1 heterocycles. The number of ether oxygens (including phenoxy) is 1. The number of para-hydroxylation sites is 1. The number of primary amides is 1. The Hall–Kier alpha value is -3.94. The Morgan fingerprint density at radius 2 is 1.83 bits per heavy atom. The Morgan fingerprint density at radius 3 is 2.48 bits per heavy atom. The lowest BCUT2D eigenvalue weighted by Crippen LogP contribution is -2.42. The molecule has 1 atom stereocenters. The molecule has 3 rings (SSSR count). The van der Waals surface area contributed by atoms with Crippen LogP contribution in [0.25, 0.3) is 16.9 Å². The second kappa shape index (κ2) is 8.39. The van der Waals surface area contributed by atoms with E-state index in [1.807, 2.05) is 66.8 Å². The van der Waals surface area contributed by atoms with Crippen molar-refractivity contribution >= 4 is 17.9 Å². The molecule has 0 spiro atoms. The number of carbonyl (C=O) groups is 3. The summed E-state index contributed by atoms with van der Waals surface area (Å²) >= 11 is 0. The molecular formula is C21H20N4O4. The maximum Gasteiger partial charge on any atom is 0.342 e. The standard InChI is InChI=1S/C21H20N4O4/c1-13-7-6-8-15(11-13)18-17(12-25(24-18)16-9-4-3-5-10-16)20(27)29-14(2)19(26)23-21(22)28/h3-12,14H,1-2H3,(H3,22,23,26,28)/t14-/m1/s1. The second-order valence-electron chi connectivity index (χ2n) is 6.44. The minimum absolute atomic E-state index is 0.193. The van der Waals surface area contributed by atoms with E-state index in [4.69, 9.17) is 10.5 Å². The topological polar surface area (TPSA) is 116 Å². The summed E-state index contributed by atoms with van der Waals surface area (Å²) in [5.74, 6) is -1.55. The molecule has 8 heteroatoms. The van der Waals surface area contributed by atoms with Gasteiger partial charge in [0.2, 0.25) is 0 Å². The predicted octanol–water partition coefficient (Wildman–Crippen LogP) is 2.59. The number of aromatic nitrogens is 2. The van der Waals surface area contributed by atoms with Crippen LogP contribution in [0.15, 0.2) is 60.8 Å². The first-order valence-electron chi connectivity index (χ1n) is 8.88. The fourth-order valence-corrected chi connectivity index (χ4v) is 2.74. The predicted molar refractivity (Wildman–Crippen MR) is 106 cm³/mol. The van der Waals surface area contributed by atoms with Gasteiger partial charge in [-0.05, 0) is 32.0 Å². The van der Waals surface area contributed by atoms with Crippen LogP contribution in [0.2, 0.25) is 0 Å². The van der Waals surface area contributed by atoms with Gasteiger partial charge in [0.05, 0.1) is 5.69 Å². The third kappa shape index (κ3) is 4.67. The Bertz CT molecular complexity index is 1060. The fraction of sp³-hybridized carbons (Fsp3) is 0.143. The van der Waals surface area contributed by atoms with Crippen molar-refractivity contribution < 1.29 is 19.1 Å². The number of benzene rings is 2. The third-order valence-corrected chi connectivity index (χ3v) is 4.15. The molecule has 0 saturated carbocycles. The van der Waals surface area contributed by atoms with E-state index in [9.17, 15) is 14.4 Å². The van der Waals surface area contributed by atoms with E-state index in [1.54, 1.807) is 10.9 Å². The summed E-state index contributed by atoms with van der Waals surface area (Å²) in [5.41, 5.74) is 8.05. The molecule has 0 fully saturated rings. The van der Waals surface area contributed by atoms with E-state index >= 15 is 0 Å². The van der Waals surface area contributed by atoms with Crippen molar-refractivity contribution in [3.05, 3.63) is 71.9 Å². The first kappa shape index (κ1) is 19.8. The molecule has 3 N–H and O–H groups in total. The Morgan fingerprint density at radius 1 is 1.10 bits per heavy atom. The molecule has 8 nitrogen and oxygen atoms in total. The van der Waals surface area contributed by atoms with Crippen molar-refractivity contribution in [3.8, 4) is 16.9 Å². The zero-order valence-corrected chi connectivity index (χ0v) is 16.0. The van der Waals surface area contributed by atoms with Crippen LogP contribution in [0, 0.1) is 6.92 Å². The minimum atomic E-state index is -1.21. The second-order valence-corrected chi connectivity index (χ2v) is 6.44. The van der Waals surface area contributed by atoms with Gasteiger partial charge in [0.25, 0.3) is 5.91 Å². The van der Waals surface area contributed by atoms with Crippen molar-refractivity contribution in [2.24, 2.45) is 5.73 Å². The van der Waals surface area contributed by atoms with Crippen molar-refractivity contribution in [2.45, 2.75) is 20.0 Å². The number of carbonyl (C=O) groups excluding carboxylic acids is 3. The quantitative estimate of drug-likeness (QED) is 0.648. The van der Waals surface area contributed by atoms with Gasteiger partial charge in [0, 0.05) is 11.8 Å². The average Bonchev–Trinajstić information content (AvgIpc) is 3.14. The van der Waals surface area contributed by atoms with E-state index in [0.29, 0.717) is 5.69 Å². The molecule has 0 bridgehead atoms. The Labute approximate surface area is 167 Å². The monoisotopic (exact) mass is 392 g/mol. The van der Waals surface area contributed by atoms with E-state index < -0.39 is 24.0 Å². The maximum absolute atomic E-state index is 12.8. The molecule has 3 amide bonds. The summed E-state index contributed by atoms with van der Waals surface area (Å²) in [5, 5.41) is 6.44. The van der Waals surface area contributed by atoms with Gasteiger partial charge in [-0.15, -0.1) is 0 Å². The molecule has 1 aromatic heterocycles. The molecule has 2 aromatic carbocycles. The highest BCUT2D eigenvalue weighted by atomic mass is 16.5. The number of nitrogens with two attached hydrogens (primary N) is 1. The Balaban J connectivity index is 1.97. The minimum Gasteiger partial charge on any atom is -0.449 e. The van der Waals surface area contributed by atoms with Crippen LogP contribution in [0.4, 0.5) is 4.79 Å². The molecule has 0 aliphatic heterocycles. The lowest BCUT2D eigenvalue weighted by atomic mass is 10.1. The summed E-state index contributed by atoms with van der Waals surface area (Å²) in [4.78, 5) is 35.5. The number of hydrogen-bond acceptors (Lipinski definition) is 5. The highest BCUT2D eigenvalue weighted by Gasteiger charge is 2.25. The summed E-state index contributed by atoms with van der Waals surface area (Å²) < 4.78 is 6.80. The normalized spacial score (nSPS) is 11.5. The molecule has 0 saturated heterocycles. The number of aryl methyl sites for hydroxylation is 1. The zero-order chi connectivity index (χ0) is 21.0. The third-order valence-electron chi connectivity index (χ3n) is 4.15. The molecular weight excluding hydrogens is 372 g/mol. The van der Waals surface area contributed by atoms with Crippen LogP contribution in [0.1, 0.15) is 22.8 Å². The number of rotatable bonds is 5. The van der Waals surface area contributed by atoms with E-state index in [-0.39, 0.29) is 5.56 Å². The van der Waals surface area contributed by atoms with Gasteiger partial charge in [-0.1, -0.05) is 42.0 Å². The van der Waals surface area contributed by atoms with Gasteiger partial charge in [-0.3, -0.25) is 10.1 Å².